The molecule has 0 saturated carbocycles. The lowest BCUT2D eigenvalue weighted by atomic mass is 9.92. The van der Waals surface area contributed by atoms with Gasteiger partial charge in [-0.1, -0.05) is 19.9 Å². The van der Waals surface area contributed by atoms with Crippen LogP contribution in [0, 0.1) is 18.8 Å². The molecule has 190 valence electrons. The van der Waals surface area contributed by atoms with Crippen LogP contribution in [0.25, 0.3) is 10.2 Å². The second-order valence-corrected chi connectivity index (χ2v) is 11.1. The second kappa shape index (κ2) is 10.0. The van der Waals surface area contributed by atoms with E-state index in [2.05, 4.69) is 28.7 Å². The van der Waals surface area contributed by atoms with Crippen molar-refractivity contribution in [1.82, 2.24) is 24.3 Å². The Hall–Kier alpha value is -3.27. The number of pyridine rings is 1. The van der Waals surface area contributed by atoms with Crippen LogP contribution in [0.15, 0.2) is 35.5 Å². The highest BCUT2D eigenvalue weighted by Gasteiger charge is 2.28. The summed E-state index contributed by atoms with van der Waals surface area (Å²) in [4.78, 5) is 55.5. The maximum atomic E-state index is 13.4. The molecular weight excluding hydrogens is 476 g/mol. The van der Waals surface area contributed by atoms with Crippen LogP contribution in [0.2, 0.25) is 0 Å². The molecule has 0 N–H and O–H groups in total. The molecule has 0 bridgehead atoms. The summed E-state index contributed by atoms with van der Waals surface area (Å²) in [7, 11) is 0. The number of piperazine rings is 1. The second-order valence-electron chi connectivity index (χ2n) is 10.1. The minimum absolute atomic E-state index is 0.0325. The molecule has 2 atom stereocenters. The van der Waals surface area contributed by atoms with Crippen molar-refractivity contribution in [2.45, 2.75) is 33.7 Å². The average molecular weight is 509 g/mol. The van der Waals surface area contributed by atoms with Gasteiger partial charge in [0.2, 0.25) is 5.91 Å². The first-order valence-electron chi connectivity index (χ1n) is 12.5. The zero-order valence-corrected chi connectivity index (χ0v) is 21.8. The molecule has 2 fully saturated rings. The predicted octanol–water partition coefficient (Wildman–Crippen LogP) is 2.63. The third-order valence-corrected chi connectivity index (χ3v) is 8.37. The number of piperidine rings is 1. The molecule has 0 aromatic carbocycles. The van der Waals surface area contributed by atoms with E-state index in [1.807, 2.05) is 28.0 Å². The SMILES string of the molecule is Cc1c(C(=O)N2CCN(c3ccccn3)CC2)sc2ncn(CC(=O)N3CC(C)CC(C)C3)c(=O)c12. The number of carbonyl (C=O) groups excluding carboxylic acids is 2. The van der Waals surface area contributed by atoms with Crippen LogP contribution < -0.4 is 10.5 Å². The van der Waals surface area contributed by atoms with E-state index in [9.17, 15) is 14.4 Å². The smallest absolute Gasteiger partial charge is 0.264 e. The normalized spacial score (nSPS) is 20.7. The van der Waals surface area contributed by atoms with E-state index >= 15 is 0 Å². The number of fused-ring (bicyclic) bond motifs is 1. The molecule has 0 radical (unpaired) electrons. The molecule has 2 unspecified atom stereocenters. The minimum atomic E-state index is -0.265. The fourth-order valence-corrected chi connectivity index (χ4v) is 6.52. The van der Waals surface area contributed by atoms with Crippen molar-refractivity contribution < 1.29 is 9.59 Å². The number of aromatic nitrogens is 3. The number of thiophene rings is 1. The highest BCUT2D eigenvalue weighted by Crippen LogP contribution is 2.29. The predicted molar refractivity (Wildman–Crippen MR) is 140 cm³/mol. The molecule has 2 aliphatic rings. The number of amides is 2. The molecular formula is C26H32N6O3S. The highest BCUT2D eigenvalue weighted by molar-refractivity contribution is 7.20. The maximum Gasteiger partial charge on any atom is 0.264 e. The quantitative estimate of drug-likeness (QED) is 0.538. The number of aryl methyl sites for hydroxylation is 1. The molecule has 36 heavy (non-hydrogen) atoms. The Labute approximate surface area is 214 Å². The number of nitrogens with zero attached hydrogens (tertiary/aromatic N) is 6. The lowest BCUT2D eigenvalue weighted by Gasteiger charge is -2.35. The Kier molecular flexibility index (Phi) is 6.79. The van der Waals surface area contributed by atoms with Crippen molar-refractivity contribution in [3.63, 3.8) is 0 Å². The number of hydrogen-bond donors (Lipinski definition) is 0. The molecule has 0 spiro atoms. The monoisotopic (exact) mass is 508 g/mol. The molecule has 2 saturated heterocycles. The first kappa shape index (κ1) is 24.4. The van der Waals surface area contributed by atoms with Gasteiger partial charge in [0.25, 0.3) is 11.5 Å². The van der Waals surface area contributed by atoms with Gasteiger partial charge in [0.1, 0.15) is 17.2 Å². The lowest BCUT2D eigenvalue weighted by molar-refractivity contribution is -0.134. The van der Waals surface area contributed by atoms with Crippen molar-refractivity contribution in [3.05, 3.63) is 51.5 Å². The number of hydrogen-bond acceptors (Lipinski definition) is 7. The lowest BCUT2D eigenvalue weighted by Crippen LogP contribution is -2.49. The number of anilines is 1. The van der Waals surface area contributed by atoms with Crippen LogP contribution in [0.1, 0.15) is 35.5 Å². The van der Waals surface area contributed by atoms with Crippen LogP contribution >= 0.6 is 11.3 Å². The highest BCUT2D eigenvalue weighted by atomic mass is 32.1. The third-order valence-electron chi connectivity index (χ3n) is 7.18. The molecule has 10 heteroatoms. The van der Waals surface area contributed by atoms with Crippen LogP contribution in [0.3, 0.4) is 0 Å². The summed E-state index contributed by atoms with van der Waals surface area (Å²) in [6, 6.07) is 5.82. The van der Waals surface area contributed by atoms with Crippen molar-refractivity contribution in [3.8, 4) is 0 Å². The van der Waals surface area contributed by atoms with Crippen molar-refractivity contribution in [2.24, 2.45) is 11.8 Å². The summed E-state index contributed by atoms with van der Waals surface area (Å²) < 4.78 is 1.38. The van der Waals surface area contributed by atoms with E-state index in [0.29, 0.717) is 58.7 Å². The van der Waals surface area contributed by atoms with Crippen molar-refractivity contribution in [2.75, 3.05) is 44.2 Å². The summed E-state index contributed by atoms with van der Waals surface area (Å²) in [5.74, 6) is 1.68. The molecule has 0 aliphatic carbocycles. The first-order valence-corrected chi connectivity index (χ1v) is 13.3. The fraction of sp³-hybridized carbons (Fsp3) is 0.500. The van der Waals surface area contributed by atoms with E-state index in [1.54, 1.807) is 13.1 Å². The van der Waals surface area contributed by atoms with Gasteiger partial charge in [0.15, 0.2) is 0 Å². The number of carbonyl (C=O) groups is 2. The Balaban J connectivity index is 1.32. The van der Waals surface area contributed by atoms with Gasteiger partial charge in [0, 0.05) is 45.5 Å². The Bertz CT molecular complexity index is 1320. The number of likely N-dealkylation sites (tertiary alicyclic amines) is 1. The Morgan fingerprint density at radius 2 is 1.75 bits per heavy atom. The van der Waals surface area contributed by atoms with Gasteiger partial charge < -0.3 is 14.7 Å². The summed E-state index contributed by atoms with van der Waals surface area (Å²) in [5.41, 5.74) is 0.380. The standard InChI is InChI=1S/C26H32N6O3S/c1-17-12-18(2)14-31(13-17)21(33)15-32-16-28-24-22(25(32)34)19(3)23(36-24)26(35)30-10-8-29(9-11-30)20-6-4-5-7-27-20/h4-7,16-18H,8-15H2,1-3H3. The first-order chi connectivity index (χ1) is 17.3. The van der Waals surface area contributed by atoms with Gasteiger partial charge in [-0.2, -0.15) is 0 Å². The van der Waals surface area contributed by atoms with Gasteiger partial charge in [-0.25, -0.2) is 9.97 Å². The molecule has 3 aromatic rings. The van der Waals surface area contributed by atoms with Gasteiger partial charge >= 0.3 is 0 Å². The summed E-state index contributed by atoms with van der Waals surface area (Å²) in [5, 5.41) is 0.436. The zero-order chi connectivity index (χ0) is 25.4. The van der Waals surface area contributed by atoms with E-state index in [0.717, 1.165) is 25.3 Å². The zero-order valence-electron chi connectivity index (χ0n) is 21.0. The third kappa shape index (κ3) is 4.74. The molecule has 3 aromatic heterocycles. The van der Waals surface area contributed by atoms with E-state index in [1.165, 1.54) is 22.2 Å². The minimum Gasteiger partial charge on any atom is -0.353 e. The van der Waals surface area contributed by atoms with Crippen molar-refractivity contribution >= 4 is 39.2 Å². The summed E-state index contributed by atoms with van der Waals surface area (Å²) in [6.45, 7) is 10.1. The molecule has 5 heterocycles. The van der Waals surface area contributed by atoms with Crippen LogP contribution in [-0.4, -0.2) is 75.4 Å². The van der Waals surface area contributed by atoms with Gasteiger partial charge in [-0.15, -0.1) is 11.3 Å². The van der Waals surface area contributed by atoms with E-state index in [-0.39, 0.29) is 23.9 Å². The summed E-state index contributed by atoms with van der Waals surface area (Å²) >= 11 is 1.26. The van der Waals surface area contributed by atoms with Crippen molar-refractivity contribution in [1.29, 1.82) is 0 Å². The topological polar surface area (TPSA) is 91.6 Å². The van der Waals surface area contributed by atoms with E-state index < -0.39 is 0 Å². The summed E-state index contributed by atoms with van der Waals surface area (Å²) in [6.07, 6.45) is 4.32. The molecule has 5 rings (SSSR count). The number of rotatable bonds is 4. The average Bonchev–Trinajstić information content (AvgIpc) is 3.22. The van der Waals surface area contributed by atoms with Gasteiger partial charge in [0.05, 0.1) is 16.6 Å². The molecule has 2 aliphatic heterocycles. The molecule has 9 nitrogen and oxygen atoms in total. The fourth-order valence-electron chi connectivity index (χ4n) is 5.41. The maximum absolute atomic E-state index is 13.4. The van der Waals surface area contributed by atoms with Gasteiger partial charge in [-0.3, -0.25) is 19.0 Å². The molecule has 2 amide bonds. The van der Waals surface area contributed by atoms with Crippen LogP contribution in [0.5, 0.6) is 0 Å². The Morgan fingerprint density at radius 3 is 2.42 bits per heavy atom. The Morgan fingerprint density at radius 1 is 1.03 bits per heavy atom. The van der Waals surface area contributed by atoms with Crippen LogP contribution in [0.4, 0.5) is 5.82 Å². The van der Waals surface area contributed by atoms with Crippen LogP contribution in [-0.2, 0) is 11.3 Å². The van der Waals surface area contributed by atoms with E-state index in [4.69, 9.17) is 0 Å². The largest absolute Gasteiger partial charge is 0.353 e. The van der Waals surface area contributed by atoms with Gasteiger partial charge in [-0.05, 0) is 42.9 Å².